The molecule has 0 bridgehead atoms. The quantitative estimate of drug-likeness (QED) is 0.364. The Labute approximate surface area is 161 Å². The molecule has 0 aliphatic rings. The summed E-state index contributed by atoms with van der Waals surface area (Å²) in [6.45, 7) is 2.74. The maximum absolute atomic E-state index is 13.1. The second-order valence-corrected chi connectivity index (χ2v) is 5.87. The molecule has 130 valence electrons. The van der Waals surface area contributed by atoms with Gasteiger partial charge >= 0.3 is 0 Å². The van der Waals surface area contributed by atoms with E-state index < -0.39 is 0 Å². The van der Waals surface area contributed by atoms with E-state index in [1.807, 2.05) is 5.38 Å². The van der Waals surface area contributed by atoms with Gasteiger partial charge in [-0.25, -0.2) is 4.39 Å². The van der Waals surface area contributed by atoms with Gasteiger partial charge in [0.2, 0.25) is 5.91 Å². The third kappa shape index (κ3) is 6.44. The van der Waals surface area contributed by atoms with Crippen LogP contribution in [0.25, 0.3) is 0 Å². The summed E-state index contributed by atoms with van der Waals surface area (Å²) in [5, 5.41) is 10.7. The number of hydrogen-bond donors (Lipinski definition) is 3. The number of nitrogens with zero attached hydrogens (tertiary/aromatic N) is 1. The molecule has 0 aliphatic heterocycles. The van der Waals surface area contributed by atoms with E-state index in [1.54, 1.807) is 30.5 Å². The lowest BCUT2D eigenvalue weighted by Gasteiger charge is -2.12. The van der Waals surface area contributed by atoms with Crippen LogP contribution >= 0.6 is 35.3 Å². The molecule has 0 radical (unpaired) electrons. The number of carbonyl (C=O) groups is 1. The zero-order valence-electron chi connectivity index (χ0n) is 13.4. The third-order valence-corrected chi connectivity index (χ3v) is 4.16. The van der Waals surface area contributed by atoms with Crippen LogP contribution in [0.1, 0.15) is 10.4 Å². The molecule has 1 aromatic carbocycles. The van der Waals surface area contributed by atoms with E-state index in [9.17, 15) is 9.18 Å². The fourth-order valence-corrected chi connectivity index (χ4v) is 2.75. The van der Waals surface area contributed by atoms with Gasteiger partial charge in [0.1, 0.15) is 5.82 Å². The van der Waals surface area contributed by atoms with Crippen LogP contribution in [0.15, 0.2) is 40.7 Å². The van der Waals surface area contributed by atoms with Crippen LogP contribution in [-0.2, 0) is 11.3 Å². The molecule has 2 aromatic rings. The van der Waals surface area contributed by atoms with Crippen molar-refractivity contribution in [1.29, 1.82) is 0 Å². The van der Waals surface area contributed by atoms with Gasteiger partial charge in [-0.2, -0.15) is 0 Å². The number of benzene rings is 1. The topological polar surface area (TPSA) is 65.5 Å². The molecule has 1 amide bonds. The first-order valence-corrected chi connectivity index (χ1v) is 7.99. The highest BCUT2D eigenvalue weighted by Gasteiger charge is 2.06. The molecule has 0 saturated heterocycles. The lowest BCUT2D eigenvalue weighted by atomic mass is 10.3. The number of carbonyl (C=O) groups excluding carboxylic acids is 1. The summed E-state index contributed by atoms with van der Waals surface area (Å²) in [4.78, 5) is 17.1. The average molecular weight is 462 g/mol. The number of nitrogens with one attached hydrogen (secondary N) is 3. The van der Waals surface area contributed by atoms with E-state index >= 15 is 0 Å². The maximum atomic E-state index is 13.1. The van der Waals surface area contributed by atoms with Gasteiger partial charge in [0.05, 0.1) is 13.1 Å². The number of guanidine groups is 1. The minimum atomic E-state index is -0.389. The van der Waals surface area contributed by atoms with Crippen LogP contribution in [-0.4, -0.2) is 25.5 Å². The van der Waals surface area contributed by atoms with Crippen LogP contribution in [0.2, 0.25) is 0 Å². The Morgan fingerprint density at radius 1 is 1.29 bits per heavy atom. The molecule has 8 heteroatoms. The summed E-state index contributed by atoms with van der Waals surface area (Å²) >= 11 is 1.67. The summed E-state index contributed by atoms with van der Waals surface area (Å²) in [6, 6.07) is 7.83. The molecule has 0 aliphatic carbocycles. The standard InChI is InChI=1S/C16H19FN4OS.HI/c1-11-6-7-23-14(11)9-19-16(18-2)20-10-15(22)21-13-5-3-4-12(17)8-13;/h3-8H,9-10H2,1-2H3,(H,21,22)(H2,18,19,20);1H. The van der Waals surface area contributed by atoms with E-state index in [0.717, 1.165) is 0 Å². The minimum Gasteiger partial charge on any atom is -0.352 e. The summed E-state index contributed by atoms with van der Waals surface area (Å²) in [7, 11) is 1.64. The number of hydrogen-bond acceptors (Lipinski definition) is 3. The average Bonchev–Trinajstić information content (AvgIpc) is 2.93. The first-order valence-electron chi connectivity index (χ1n) is 7.11. The Morgan fingerprint density at radius 2 is 2.08 bits per heavy atom. The van der Waals surface area contributed by atoms with Crippen molar-refractivity contribution in [2.45, 2.75) is 13.5 Å². The van der Waals surface area contributed by atoms with Crippen molar-refractivity contribution in [3.05, 3.63) is 52.0 Å². The maximum Gasteiger partial charge on any atom is 0.243 e. The minimum absolute atomic E-state index is 0. The number of anilines is 1. The Balaban J connectivity index is 0.00000288. The highest BCUT2D eigenvalue weighted by Crippen LogP contribution is 2.14. The van der Waals surface area contributed by atoms with Crippen molar-refractivity contribution in [3.63, 3.8) is 0 Å². The summed E-state index contributed by atoms with van der Waals surface area (Å²) in [5.41, 5.74) is 1.65. The molecule has 5 nitrogen and oxygen atoms in total. The van der Waals surface area contributed by atoms with E-state index in [4.69, 9.17) is 0 Å². The Kier molecular flexibility index (Phi) is 8.69. The monoisotopic (exact) mass is 462 g/mol. The van der Waals surface area contributed by atoms with E-state index in [2.05, 4.69) is 33.9 Å². The van der Waals surface area contributed by atoms with Gasteiger partial charge in [0, 0.05) is 17.6 Å². The van der Waals surface area contributed by atoms with Crippen LogP contribution < -0.4 is 16.0 Å². The van der Waals surface area contributed by atoms with Crippen molar-refractivity contribution in [2.75, 3.05) is 18.9 Å². The van der Waals surface area contributed by atoms with Gasteiger partial charge in [-0.1, -0.05) is 6.07 Å². The van der Waals surface area contributed by atoms with Gasteiger partial charge in [0.15, 0.2) is 5.96 Å². The Hall–Kier alpha value is -1.68. The zero-order valence-corrected chi connectivity index (χ0v) is 16.6. The molecule has 0 spiro atoms. The van der Waals surface area contributed by atoms with Crippen molar-refractivity contribution >= 4 is 52.9 Å². The molecule has 0 fully saturated rings. The number of rotatable bonds is 5. The molecular weight excluding hydrogens is 442 g/mol. The molecular formula is C16H20FIN4OS. The fraction of sp³-hybridized carbons (Fsp3) is 0.250. The number of aryl methyl sites for hydroxylation is 1. The highest BCUT2D eigenvalue weighted by molar-refractivity contribution is 14.0. The molecule has 2 rings (SSSR count). The van der Waals surface area contributed by atoms with Crippen LogP contribution in [0, 0.1) is 12.7 Å². The Bertz CT molecular complexity index is 705. The van der Waals surface area contributed by atoms with E-state index in [0.29, 0.717) is 18.2 Å². The van der Waals surface area contributed by atoms with E-state index in [-0.39, 0.29) is 42.2 Å². The first kappa shape index (κ1) is 20.4. The number of halogens is 2. The van der Waals surface area contributed by atoms with Crippen molar-refractivity contribution in [2.24, 2.45) is 4.99 Å². The molecule has 1 aromatic heterocycles. The number of amides is 1. The second kappa shape index (κ2) is 10.2. The van der Waals surface area contributed by atoms with Gasteiger partial charge in [-0.15, -0.1) is 35.3 Å². The van der Waals surface area contributed by atoms with Crippen molar-refractivity contribution < 1.29 is 9.18 Å². The second-order valence-electron chi connectivity index (χ2n) is 4.86. The molecule has 1 heterocycles. The zero-order chi connectivity index (χ0) is 16.7. The largest absolute Gasteiger partial charge is 0.352 e. The van der Waals surface area contributed by atoms with Gasteiger partial charge in [0.25, 0.3) is 0 Å². The first-order chi connectivity index (χ1) is 11.1. The van der Waals surface area contributed by atoms with Gasteiger partial charge < -0.3 is 16.0 Å². The summed E-state index contributed by atoms with van der Waals surface area (Å²) in [5.74, 6) is -0.127. The predicted octanol–water partition coefficient (Wildman–Crippen LogP) is 3.12. The van der Waals surface area contributed by atoms with Crippen LogP contribution in [0.3, 0.4) is 0 Å². The molecule has 3 N–H and O–H groups in total. The van der Waals surface area contributed by atoms with Crippen molar-refractivity contribution in [1.82, 2.24) is 10.6 Å². The summed E-state index contributed by atoms with van der Waals surface area (Å²) < 4.78 is 13.1. The lowest BCUT2D eigenvalue weighted by molar-refractivity contribution is -0.115. The third-order valence-electron chi connectivity index (χ3n) is 3.13. The summed E-state index contributed by atoms with van der Waals surface area (Å²) in [6.07, 6.45) is 0. The Morgan fingerprint density at radius 3 is 2.71 bits per heavy atom. The smallest absolute Gasteiger partial charge is 0.243 e. The normalized spacial score (nSPS) is 10.7. The van der Waals surface area contributed by atoms with Crippen LogP contribution in [0.4, 0.5) is 10.1 Å². The number of thiophene rings is 1. The van der Waals surface area contributed by atoms with E-state index in [1.165, 1.54) is 22.6 Å². The molecule has 0 atom stereocenters. The van der Waals surface area contributed by atoms with Gasteiger partial charge in [-0.3, -0.25) is 9.79 Å². The van der Waals surface area contributed by atoms with Crippen molar-refractivity contribution in [3.8, 4) is 0 Å². The lowest BCUT2D eigenvalue weighted by Crippen LogP contribution is -2.41. The molecule has 0 unspecified atom stereocenters. The van der Waals surface area contributed by atoms with Gasteiger partial charge in [-0.05, 0) is 42.1 Å². The number of aliphatic imine (C=N–C) groups is 1. The molecule has 24 heavy (non-hydrogen) atoms. The molecule has 0 saturated carbocycles. The fourth-order valence-electron chi connectivity index (χ4n) is 1.91. The SMILES string of the molecule is CN=C(NCC(=O)Nc1cccc(F)c1)NCc1sccc1C.I. The highest BCUT2D eigenvalue weighted by atomic mass is 127. The predicted molar refractivity (Wildman–Crippen MR) is 108 cm³/mol. The van der Waals surface area contributed by atoms with Crippen LogP contribution in [0.5, 0.6) is 0 Å².